The van der Waals surface area contributed by atoms with Crippen LogP contribution in [0.15, 0.2) is 12.1 Å². The maximum Gasteiger partial charge on any atom is 0.309 e. The topological polar surface area (TPSA) is 48.0 Å². The smallest absolute Gasteiger partial charge is 0.309 e. The molecular weight excluding hydrogens is 318 g/mol. The van der Waals surface area contributed by atoms with E-state index in [1.54, 1.807) is 0 Å². The third kappa shape index (κ3) is 4.75. The van der Waals surface area contributed by atoms with Gasteiger partial charge in [-0.25, -0.2) is 0 Å². The molecule has 2 rings (SSSR count). The van der Waals surface area contributed by atoms with Crippen LogP contribution in [0.4, 0.5) is 0 Å². The summed E-state index contributed by atoms with van der Waals surface area (Å²) in [6.45, 7) is 7.33. The van der Waals surface area contributed by atoms with E-state index in [9.17, 15) is 4.79 Å². The lowest BCUT2D eigenvalue weighted by Gasteiger charge is -2.23. The van der Waals surface area contributed by atoms with Gasteiger partial charge in [0.1, 0.15) is 0 Å². The van der Waals surface area contributed by atoms with Crippen molar-refractivity contribution in [3.05, 3.63) is 22.7 Å². The molecule has 0 bridgehead atoms. The van der Waals surface area contributed by atoms with Crippen molar-refractivity contribution in [2.45, 2.75) is 26.8 Å². The van der Waals surface area contributed by atoms with E-state index < -0.39 is 0 Å². The quantitative estimate of drug-likeness (QED) is 0.744. The number of rotatable bonds is 6. The van der Waals surface area contributed by atoms with E-state index >= 15 is 0 Å². The lowest BCUT2D eigenvalue weighted by atomic mass is 10.1. The standard InChI is InChI=1S/C17H24ClNO4/c1-4-19(10-12(2)17(20)21-3)11-13-8-14(18)16-15(9-13)22-6-5-7-23-16/h8-9,12H,4-7,10-11H2,1-3H3. The summed E-state index contributed by atoms with van der Waals surface area (Å²) in [5, 5.41) is 0.566. The molecule has 0 aliphatic carbocycles. The number of halogens is 1. The molecule has 1 unspecified atom stereocenters. The first-order chi connectivity index (χ1) is 11.0. The Morgan fingerprint density at radius 1 is 1.39 bits per heavy atom. The van der Waals surface area contributed by atoms with Gasteiger partial charge in [-0.2, -0.15) is 0 Å². The summed E-state index contributed by atoms with van der Waals surface area (Å²) >= 11 is 6.33. The Hall–Kier alpha value is -1.46. The molecule has 0 radical (unpaired) electrons. The zero-order valence-electron chi connectivity index (χ0n) is 13.9. The van der Waals surface area contributed by atoms with Crippen LogP contribution in [0.1, 0.15) is 25.8 Å². The Kier molecular flexibility index (Phi) is 6.54. The van der Waals surface area contributed by atoms with Crippen LogP contribution in [0.5, 0.6) is 11.5 Å². The van der Waals surface area contributed by atoms with Crippen molar-refractivity contribution in [2.75, 3.05) is 33.4 Å². The molecule has 0 saturated carbocycles. The Labute approximate surface area is 142 Å². The molecule has 0 fully saturated rings. The van der Waals surface area contributed by atoms with Crippen molar-refractivity contribution < 1.29 is 19.0 Å². The molecule has 1 atom stereocenters. The van der Waals surface area contributed by atoms with Crippen molar-refractivity contribution >= 4 is 17.6 Å². The lowest BCUT2D eigenvalue weighted by Crippen LogP contribution is -2.32. The molecule has 0 saturated heterocycles. The van der Waals surface area contributed by atoms with E-state index in [2.05, 4.69) is 11.8 Å². The second-order valence-corrected chi connectivity index (χ2v) is 6.11. The fourth-order valence-electron chi connectivity index (χ4n) is 2.60. The summed E-state index contributed by atoms with van der Waals surface area (Å²) in [5.74, 6) is 0.956. The number of carbonyl (C=O) groups excluding carboxylic acids is 1. The third-order valence-electron chi connectivity index (χ3n) is 3.85. The van der Waals surface area contributed by atoms with Crippen LogP contribution in [-0.4, -0.2) is 44.3 Å². The second kappa shape index (κ2) is 8.41. The van der Waals surface area contributed by atoms with Crippen LogP contribution < -0.4 is 9.47 Å². The van der Waals surface area contributed by atoms with Crippen LogP contribution >= 0.6 is 11.6 Å². The first kappa shape index (κ1) is 17.9. The van der Waals surface area contributed by atoms with E-state index in [0.29, 0.717) is 42.8 Å². The average Bonchev–Trinajstić information content (AvgIpc) is 2.79. The van der Waals surface area contributed by atoms with E-state index in [4.69, 9.17) is 25.8 Å². The second-order valence-electron chi connectivity index (χ2n) is 5.71. The van der Waals surface area contributed by atoms with Crippen molar-refractivity contribution in [3.63, 3.8) is 0 Å². The largest absolute Gasteiger partial charge is 0.489 e. The maximum absolute atomic E-state index is 11.6. The number of nitrogens with zero attached hydrogens (tertiary/aromatic N) is 1. The molecule has 1 aliphatic heterocycles. The van der Waals surface area contributed by atoms with Gasteiger partial charge in [0, 0.05) is 19.5 Å². The lowest BCUT2D eigenvalue weighted by molar-refractivity contribution is -0.145. The fourth-order valence-corrected chi connectivity index (χ4v) is 2.89. The highest BCUT2D eigenvalue weighted by Crippen LogP contribution is 2.38. The molecule has 1 aromatic carbocycles. The SMILES string of the molecule is CCN(Cc1cc(Cl)c2c(c1)OCCCO2)CC(C)C(=O)OC. The summed E-state index contributed by atoms with van der Waals surface area (Å²) in [6, 6.07) is 3.87. The zero-order valence-corrected chi connectivity index (χ0v) is 14.7. The summed E-state index contributed by atoms with van der Waals surface area (Å²) in [7, 11) is 1.42. The van der Waals surface area contributed by atoms with Crippen molar-refractivity contribution in [2.24, 2.45) is 5.92 Å². The summed E-state index contributed by atoms with van der Waals surface area (Å²) < 4.78 is 16.2. The van der Waals surface area contributed by atoms with Gasteiger partial charge in [0.25, 0.3) is 0 Å². The number of carbonyl (C=O) groups is 1. The van der Waals surface area contributed by atoms with Gasteiger partial charge < -0.3 is 14.2 Å². The number of methoxy groups -OCH3 is 1. The van der Waals surface area contributed by atoms with E-state index in [1.165, 1.54) is 7.11 Å². The number of hydrogen-bond acceptors (Lipinski definition) is 5. The molecule has 23 heavy (non-hydrogen) atoms. The first-order valence-electron chi connectivity index (χ1n) is 7.93. The average molecular weight is 342 g/mol. The van der Waals surface area contributed by atoms with Gasteiger partial charge in [0.05, 0.1) is 31.3 Å². The highest BCUT2D eigenvalue weighted by atomic mass is 35.5. The molecule has 6 heteroatoms. The van der Waals surface area contributed by atoms with Crippen LogP contribution in [0.3, 0.4) is 0 Å². The first-order valence-corrected chi connectivity index (χ1v) is 8.31. The number of fused-ring (bicyclic) bond motifs is 1. The minimum atomic E-state index is -0.194. The summed E-state index contributed by atoms with van der Waals surface area (Å²) in [5.41, 5.74) is 1.04. The van der Waals surface area contributed by atoms with Crippen molar-refractivity contribution in [3.8, 4) is 11.5 Å². The number of ether oxygens (including phenoxy) is 3. The fraction of sp³-hybridized carbons (Fsp3) is 0.588. The molecule has 1 aliphatic rings. The number of benzene rings is 1. The van der Waals surface area contributed by atoms with E-state index in [1.807, 2.05) is 19.1 Å². The minimum absolute atomic E-state index is 0.171. The van der Waals surface area contributed by atoms with E-state index in [0.717, 1.165) is 18.5 Å². The maximum atomic E-state index is 11.6. The Morgan fingerprint density at radius 2 is 2.13 bits per heavy atom. The van der Waals surface area contributed by atoms with Crippen molar-refractivity contribution in [1.29, 1.82) is 0 Å². The molecule has 1 aromatic rings. The Balaban J connectivity index is 2.10. The Morgan fingerprint density at radius 3 is 2.83 bits per heavy atom. The van der Waals surface area contributed by atoms with Crippen LogP contribution in [0, 0.1) is 5.92 Å². The highest BCUT2D eigenvalue weighted by Gasteiger charge is 2.19. The molecule has 0 amide bonds. The van der Waals surface area contributed by atoms with Gasteiger partial charge in [0.15, 0.2) is 11.5 Å². The third-order valence-corrected chi connectivity index (χ3v) is 4.13. The van der Waals surface area contributed by atoms with Gasteiger partial charge in [-0.3, -0.25) is 9.69 Å². The normalized spacial score (nSPS) is 15.2. The number of hydrogen-bond donors (Lipinski definition) is 0. The predicted octanol–water partition coefficient (Wildman–Crippen LogP) is 3.13. The highest BCUT2D eigenvalue weighted by molar-refractivity contribution is 6.32. The molecule has 128 valence electrons. The monoisotopic (exact) mass is 341 g/mol. The van der Waals surface area contributed by atoms with Gasteiger partial charge >= 0.3 is 5.97 Å². The zero-order chi connectivity index (χ0) is 16.8. The van der Waals surface area contributed by atoms with Gasteiger partial charge in [-0.1, -0.05) is 25.4 Å². The van der Waals surface area contributed by atoms with Gasteiger partial charge in [0.2, 0.25) is 0 Å². The molecule has 0 aromatic heterocycles. The molecular formula is C17H24ClNO4. The Bertz CT molecular complexity index is 550. The number of esters is 1. The molecule has 5 nitrogen and oxygen atoms in total. The van der Waals surface area contributed by atoms with Crippen LogP contribution in [0.2, 0.25) is 5.02 Å². The van der Waals surface area contributed by atoms with Gasteiger partial charge in [-0.05, 0) is 24.2 Å². The van der Waals surface area contributed by atoms with E-state index in [-0.39, 0.29) is 11.9 Å². The summed E-state index contributed by atoms with van der Waals surface area (Å²) in [6.07, 6.45) is 0.845. The summed E-state index contributed by atoms with van der Waals surface area (Å²) in [4.78, 5) is 13.8. The minimum Gasteiger partial charge on any atom is -0.489 e. The molecule has 0 spiro atoms. The predicted molar refractivity (Wildman–Crippen MR) is 89.2 cm³/mol. The molecule has 1 heterocycles. The van der Waals surface area contributed by atoms with Crippen LogP contribution in [0.25, 0.3) is 0 Å². The molecule has 0 N–H and O–H groups in total. The van der Waals surface area contributed by atoms with Crippen LogP contribution in [-0.2, 0) is 16.1 Å². The van der Waals surface area contributed by atoms with Crippen molar-refractivity contribution in [1.82, 2.24) is 4.90 Å². The van der Waals surface area contributed by atoms with Gasteiger partial charge in [-0.15, -0.1) is 0 Å².